The first-order valence-electron chi connectivity index (χ1n) is 32.2. The molecule has 1 atom stereocenters. The van der Waals surface area contributed by atoms with Gasteiger partial charge >= 0.3 is 17.9 Å². The summed E-state index contributed by atoms with van der Waals surface area (Å²) in [4.78, 5) is 38.3. The fourth-order valence-corrected chi connectivity index (χ4v) is 10.1. The van der Waals surface area contributed by atoms with Crippen LogP contribution in [0.5, 0.6) is 0 Å². The number of unbranched alkanes of at least 4 members (excludes halogenated alkanes) is 44. The molecule has 0 radical (unpaired) electrons. The van der Waals surface area contributed by atoms with E-state index in [9.17, 15) is 14.4 Å². The van der Waals surface area contributed by atoms with Gasteiger partial charge in [0, 0.05) is 19.3 Å². The first kappa shape index (κ1) is 69.4. The van der Waals surface area contributed by atoms with E-state index in [1.54, 1.807) is 0 Å². The minimum Gasteiger partial charge on any atom is -0.462 e. The highest BCUT2D eigenvalue weighted by atomic mass is 16.6. The molecule has 6 heteroatoms. The summed E-state index contributed by atoms with van der Waals surface area (Å²) in [6, 6.07) is 0. The van der Waals surface area contributed by atoms with Gasteiger partial charge in [-0.05, 0) is 31.1 Å². The second-order valence-corrected chi connectivity index (χ2v) is 23.4. The normalized spacial score (nSPS) is 12.0. The minimum absolute atomic E-state index is 0.0620. The fourth-order valence-electron chi connectivity index (χ4n) is 10.1. The van der Waals surface area contributed by atoms with Gasteiger partial charge in [0.25, 0.3) is 0 Å². The Balaban J connectivity index is 4.25. The van der Waals surface area contributed by atoms with Crippen LogP contribution in [0, 0.1) is 11.8 Å². The third-order valence-electron chi connectivity index (χ3n) is 15.0. The number of carbonyl (C=O) groups excluding carboxylic acids is 3. The maximum atomic E-state index is 12.9. The van der Waals surface area contributed by atoms with E-state index in [0.717, 1.165) is 69.6 Å². The van der Waals surface area contributed by atoms with Crippen LogP contribution in [0.4, 0.5) is 0 Å². The van der Waals surface area contributed by atoms with Crippen LogP contribution in [0.3, 0.4) is 0 Å². The van der Waals surface area contributed by atoms with E-state index in [0.29, 0.717) is 19.3 Å². The van der Waals surface area contributed by atoms with E-state index in [2.05, 4.69) is 34.6 Å². The van der Waals surface area contributed by atoms with E-state index in [1.165, 1.54) is 257 Å². The van der Waals surface area contributed by atoms with E-state index < -0.39 is 6.10 Å². The van der Waals surface area contributed by atoms with E-state index in [4.69, 9.17) is 14.2 Å². The molecule has 0 rings (SSSR count). The molecule has 0 spiro atoms. The highest BCUT2D eigenvalue weighted by Crippen LogP contribution is 2.19. The molecule has 0 saturated heterocycles. The molecule has 0 saturated carbocycles. The molecule has 0 aliphatic heterocycles. The van der Waals surface area contributed by atoms with Crippen LogP contribution >= 0.6 is 0 Å². The van der Waals surface area contributed by atoms with Gasteiger partial charge < -0.3 is 14.2 Å². The molecule has 0 aliphatic carbocycles. The summed E-state index contributed by atoms with van der Waals surface area (Å²) in [5, 5.41) is 0. The van der Waals surface area contributed by atoms with Crippen molar-refractivity contribution >= 4 is 17.9 Å². The van der Waals surface area contributed by atoms with Gasteiger partial charge in [0.2, 0.25) is 0 Å². The zero-order valence-corrected chi connectivity index (χ0v) is 48.9. The monoisotopic (exact) mass is 1000 g/mol. The van der Waals surface area contributed by atoms with Gasteiger partial charge in [-0.25, -0.2) is 0 Å². The highest BCUT2D eigenvalue weighted by molar-refractivity contribution is 5.71. The molecule has 0 N–H and O–H groups in total. The Morgan fingerprint density at radius 2 is 0.465 bits per heavy atom. The lowest BCUT2D eigenvalue weighted by Gasteiger charge is -2.18. The molecule has 422 valence electrons. The Kier molecular flexibility index (Phi) is 56.4. The summed E-state index contributed by atoms with van der Waals surface area (Å²) in [7, 11) is 0. The topological polar surface area (TPSA) is 78.9 Å². The van der Waals surface area contributed by atoms with Crippen molar-refractivity contribution in [2.45, 2.75) is 375 Å². The van der Waals surface area contributed by atoms with Crippen LogP contribution in [-0.4, -0.2) is 37.2 Å². The van der Waals surface area contributed by atoms with Crippen LogP contribution in [0.1, 0.15) is 369 Å². The van der Waals surface area contributed by atoms with E-state index in [1.807, 2.05) is 0 Å². The maximum absolute atomic E-state index is 12.9. The largest absolute Gasteiger partial charge is 0.462 e. The molecular weight excluding hydrogens is 877 g/mol. The van der Waals surface area contributed by atoms with Crippen molar-refractivity contribution in [1.82, 2.24) is 0 Å². The molecule has 0 aromatic rings. The molecule has 0 aromatic heterocycles. The molecule has 0 fully saturated rings. The second-order valence-electron chi connectivity index (χ2n) is 23.4. The van der Waals surface area contributed by atoms with Gasteiger partial charge in [0.05, 0.1) is 0 Å². The van der Waals surface area contributed by atoms with Gasteiger partial charge in [0.1, 0.15) is 13.2 Å². The fraction of sp³-hybridized carbons (Fsp3) is 0.954. The zero-order chi connectivity index (χ0) is 51.8. The number of ether oxygens (including phenoxy) is 3. The lowest BCUT2D eigenvalue weighted by molar-refractivity contribution is -0.167. The van der Waals surface area contributed by atoms with Crippen molar-refractivity contribution < 1.29 is 28.6 Å². The highest BCUT2D eigenvalue weighted by Gasteiger charge is 2.19. The third-order valence-corrected chi connectivity index (χ3v) is 15.0. The molecule has 71 heavy (non-hydrogen) atoms. The first-order chi connectivity index (χ1) is 34.7. The van der Waals surface area contributed by atoms with Crippen molar-refractivity contribution in [2.75, 3.05) is 13.2 Å². The predicted molar refractivity (Wildman–Crippen MR) is 307 cm³/mol. The van der Waals surface area contributed by atoms with Crippen molar-refractivity contribution in [3.63, 3.8) is 0 Å². The van der Waals surface area contributed by atoms with Crippen LogP contribution in [0.25, 0.3) is 0 Å². The number of hydrogen-bond donors (Lipinski definition) is 0. The molecule has 0 aliphatic rings. The molecular formula is C65H126O6. The summed E-state index contributed by atoms with van der Waals surface area (Å²) in [5.74, 6) is 0.844. The summed E-state index contributed by atoms with van der Waals surface area (Å²) >= 11 is 0. The van der Waals surface area contributed by atoms with E-state index in [-0.39, 0.29) is 31.1 Å². The standard InChI is InChI=1S/C65H126O6/c1-6-7-8-9-10-11-12-13-14-15-16-20-23-26-29-35-40-45-50-55-63(66)69-58-62(59-70-64(67)56-51-46-41-36-32-31-34-39-44-49-54-61(4)5)71-65(68)57-52-47-42-37-30-27-24-21-18-17-19-22-25-28-33-38-43-48-53-60(2)3/h60-62H,6-59H2,1-5H3/t62-/m0/s1. The molecule has 0 amide bonds. The number of carbonyl (C=O) groups is 3. The maximum Gasteiger partial charge on any atom is 0.306 e. The second kappa shape index (κ2) is 57.7. The van der Waals surface area contributed by atoms with Gasteiger partial charge in [-0.2, -0.15) is 0 Å². The van der Waals surface area contributed by atoms with Gasteiger partial charge in [-0.15, -0.1) is 0 Å². The number of hydrogen-bond acceptors (Lipinski definition) is 6. The molecule has 0 aromatic carbocycles. The summed E-state index contributed by atoms with van der Waals surface area (Å²) in [5.41, 5.74) is 0. The Morgan fingerprint density at radius 1 is 0.268 bits per heavy atom. The first-order valence-corrected chi connectivity index (χ1v) is 32.2. The summed E-state index contributed by atoms with van der Waals surface area (Å²) in [6.07, 6.45) is 64.0. The van der Waals surface area contributed by atoms with Crippen molar-refractivity contribution in [2.24, 2.45) is 11.8 Å². The summed E-state index contributed by atoms with van der Waals surface area (Å²) in [6.45, 7) is 11.4. The average Bonchev–Trinajstić information content (AvgIpc) is 3.35. The van der Waals surface area contributed by atoms with Gasteiger partial charge in [0.15, 0.2) is 6.10 Å². The SMILES string of the molecule is CCCCCCCCCCCCCCCCCCCCCC(=O)OC[C@@H](COC(=O)CCCCCCCCCCCCC(C)C)OC(=O)CCCCCCCCCCCCCCCCCCCCC(C)C. The number of esters is 3. The third kappa shape index (κ3) is 59.2. The van der Waals surface area contributed by atoms with Crippen LogP contribution in [-0.2, 0) is 28.6 Å². The average molecular weight is 1000 g/mol. The summed E-state index contributed by atoms with van der Waals surface area (Å²) < 4.78 is 17.0. The molecule has 0 bridgehead atoms. The predicted octanol–water partition coefficient (Wildman–Crippen LogP) is 21.6. The number of rotatable bonds is 59. The quantitative estimate of drug-likeness (QED) is 0.0343. The zero-order valence-electron chi connectivity index (χ0n) is 48.9. The molecule has 6 nitrogen and oxygen atoms in total. The van der Waals surface area contributed by atoms with Crippen LogP contribution in [0.2, 0.25) is 0 Å². The van der Waals surface area contributed by atoms with Gasteiger partial charge in [-0.3, -0.25) is 14.4 Å². The van der Waals surface area contributed by atoms with E-state index >= 15 is 0 Å². The smallest absolute Gasteiger partial charge is 0.306 e. The lowest BCUT2D eigenvalue weighted by atomic mass is 10.0. The van der Waals surface area contributed by atoms with Crippen LogP contribution in [0.15, 0.2) is 0 Å². The Bertz CT molecular complexity index is 1090. The lowest BCUT2D eigenvalue weighted by Crippen LogP contribution is -2.30. The van der Waals surface area contributed by atoms with Crippen molar-refractivity contribution in [3.05, 3.63) is 0 Å². The van der Waals surface area contributed by atoms with Crippen LogP contribution < -0.4 is 0 Å². The molecule has 0 heterocycles. The van der Waals surface area contributed by atoms with Crippen molar-refractivity contribution in [3.8, 4) is 0 Å². The Hall–Kier alpha value is -1.59. The van der Waals surface area contributed by atoms with Gasteiger partial charge in [-0.1, -0.05) is 330 Å². The molecule has 0 unspecified atom stereocenters. The Morgan fingerprint density at radius 3 is 0.690 bits per heavy atom. The minimum atomic E-state index is -0.764. The Labute approximate surface area is 444 Å². The van der Waals surface area contributed by atoms with Crippen molar-refractivity contribution in [1.29, 1.82) is 0 Å².